The molecule has 1 aromatic heterocycles. The first kappa shape index (κ1) is 18.0. The molecule has 1 atom stereocenters. The summed E-state index contributed by atoms with van der Waals surface area (Å²) >= 11 is 0. The molecule has 3 rings (SSSR count). The number of nitrogens with one attached hydrogen (secondary N) is 1. The van der Waals surface area contributed by atoms with Gasteiger partial charge < -0.3 is 14.6 Å². The van der Waals surface area contributed by atoms with Gasteiger partial charge in [-0.1, -0.05) is 19.8 Å². The maximum absolute atomic E-state index is 12.7. The number of amides is 2. The summed E-state index contributed by atoms with van der Waals surface area (Å²) in [5, 5.41) is 3.09. The van der Waals surface area contributed by atoms with E-state index in [9.17, 15) is 9.59 Å². The molecule has 1 aliphatic heterocycles. The van der Waals surface area contributed by atoms with E-state index in [1.165, 1.54) is 19.1 Å². The van der Waals surface area contributed by atoms with Crippen molar-refractivity contribution in [3.05, 3.63) is 24.2 Å². The number of hydrogen-bond acceptors (Lipinski definition) is 4. The van der Waals surface area contributed by atoms with Gasteiger partial charge in [-0.15, -0.1) is 0 Å². The lowest BCUT2D eigenvalue weighted by atomic mass is 9.95. The second kappa shape index (κ2) is 8.52. The quantitative estimate of drug-likeness (QED) is 0.856. The monoisotopic (exact) mass is 347 g/mol. The van der Waals surface area contributed by atoms with Crippen molar-refractivity contribution in [2.75, 3.05) is 32.7 Å². The fourth-order valence-electron chi connectivity index (χ4n) is 4.06. The number of nitrogens with zero attached hydrogens (tertiary/aromatic N) is 2. The summed E-state index contributed by atoms with van der Waals surface area (Å²) in [4.78, 5) is 29.3. The molecule has 0 radical (unpaired) electrons. The molecule has 0 unspecified atom stereocenters. The topological polar surface area (TPSA) is 65.8 Å². The highest BCUT2D eigenvalue weighted by Gasteiger charge is 2.37. The zero-order valence-corrected chi connectivity index (χ0v) is 15.1. The van der Waals surface area contributed by atoms with Crippen molar-refractivity contribution in [2.24, 2.45) is 5.92 Å². The summed E-state index contributed by atoms with van der Waals surface area (Å²) in [5.41, 5.74) is 0. The van der Waals surface area contributed by atoms with Crippen molar-refractivity contribution in [3.8, 4) is 0 Å². The van der Waals surface area contributed by atoms with E-state index >= 15 is 0 Å². The number of rotatable bonds is 6. The molecule has 6 nitrogen and oxygen atoms in total. The molecule has 25 heavy (non-hydrogen) atoms. The van der Waals surface area contributed by atoms with Crippen molar-refractivity contribution >= 4 is 11.8 Å². The summed E-state index contributed by atoms with van der Waals surface area (Å²) in [6.07, 6.45) is 7.19. The molecule has 0 bridgehead atoms. The van der Waals surface area contributed by atoms with Crippen molar-refractivity contribution in [3.63, 3.8) is 0 Å². The molecule has 1 aliphatic carbocycles. The van der Waals surface area contributed by atoms with Crippen LogP contribution in [0.3, 0.4) is 0 Å². The van der Waals surface area contributed by atoms with Gasteiger partial charge in [-0.3, -0.25) is 14.5 Å². The van der Waals surface area contributed by atoms with Gasteiger partial charge in [0.2, 0.25) is 5.91 Å². The Balaban J connectivity index is 1.61. The van der Waals surface area contributed by atoms with Crippen LogP contribution in [0.2, 0.25) is 0 Å². The van der Waals surface area contributed by atoms with Crippen LogP contribution in [0.25, 0.3) is 0 Å². The third-order valence-electron chi connectivity index (χ3n) is 5.39. The van der Waals surface area contributed by atoms with Gasteiger partial charge in [0.05, 0.1) is 12.3 Å². The first-order chi connectivity index (χ1) is 12.2. The molecule has 1 aromatic rings. The Labute approximate surface area is 149 Å². The highest BCUT2D eigenvalue weighted by atomic mass is 16.3. The molecule has 138 valence electrons. The van der Waals surface area contributed by atoms with Gasteiger partial charge >= 0.3 is 0 Å². The van der Waals surface area contributed by atoms with E-state index in [0.717, 1.165) is 38.9 Å². The fourth-order valence-corrected chi connectivity index (χ4v) is 4.06. The van der Waals surface area contributed by atoms with E-state index in [-0.39, 0.29) is 17.9 Å². The molecule has 2 aliphatic rings. The van der Waals surface area contributed by atoms with Crippen molar-refractivity contribution in [1.29, 1.82) is 0 Å². The standard InChI is InChI=1S/C19H29N3O3/c1-2-9-20-18(23)17(15-6-3-4-7-15)21-10-12-22(13-11-21)19(24)16-8-5-14-25-16/h5,8,14-15,17H,2-4,6-7,9-13H2,1H3,(H,20,23)/t17-/m0/s1. The van der Waals surface area contributed by atoms with Gasteiger partial charge in [0.25, 0.3) is 5.91 Å². The number of furan rings is 1. The maximum atomic E-state index is 12.7. The van der Waals surface area contributed by atoms with Gasteiger partial charge in [-0.05, 0) is 37.3 Å². The van der Waals surface area contributed by atoms with E-state index in [1.54, 1.807) is 12.1 Å². The first-order valence-electron chi connectivity index (χ1n) is 9.55. The minimum Gasteiger partial charge on any atom is -0.459 e. The van der Waals surface area contributed by atoms with Crippen LogP contribution in [-0.4, -0.2) is 60.4 Å². The second-order valence-electron chi connectivity index (χ2n) is 7.09. The average Bonchev–Trinajstić information content (AvgIpc) is 3.34. The van der Waals surface area contributed by atoms with Crippen molar-refractivity contribution in [1.82, 2.24) is 15.1 Å². The molecular formula is C19H29N3O3. The van der Waals surface area contributed by atoms with Gasteiger partial charge in [-0.25, -0.2) is 0 Å². The van der Waals surface area contributed by atoms with Crippen LogP contribution in [0.15, 0.2) is 22.8 Å². The Morgan fingerprint density at radius 3 is 2.56 bits per heavy atom. The predicted octanol–water partition coefficient (Wildman–Crippen LogP) is 2.12. The van der Waals surface area contributed by atoms with E-state index in [4.69, 9.17) is 4.42 Å². The van der Waals surface area contributed by atoms with Crippen LogP contribution in [-0.2, 0) is 4.79 Å². The Morgan fingerprint density at radius 2 is 1.96 bits per heavy atom. The number of hydrogen-bond donors (Lipinski definition) is 1. The lowest BCUT2D eigenvalue weighted by molar-refractivity contribution is -0.129. The lowest BCUT2D eigenvalue weighted by Crippen LogP contribution is -2.58. The minimum atomic E-state index is -0.0579. The van der Waals surface area contributed by atoms with E-state index < -0.39 is 0 Å². The van der Waals surface area contributed by atoms with Crippen molar-refractivity contribution in [2.45, 2.75) is 45.1 Å². The molecule has 1 saturated carbocycles. The van der Waals surface area contributed by atoms with Gasteiger partial charge in [0.1, 0.15) is 0 Å². The normalized spacial score (nSPS) is 20.6. The lowest BCUT2D eigenvalue weighted by Gasteiger charge is -2.40. The highest BCUT2D eigenvalue weighted by Crippen LogP contribution is 2.31. The average molecular weight is 347 g/mol. The molecule has 0 aromatic carbocycles. The third kappa shape index (κ3) is 4.24. The summed E-state index contributed by atoms with van der Waals surface area (Å²) in [6, 6.07) is 3.39. The molecule has 1 saturated heterocycles. The van der Waals surface area contributed by atoms with Crippen LogP contribution in [0, 0.1) is 5.92 Å². The van der Waals surface area contributed by atoms with Crippen LogP contribution >= 0.6 is 0 Å². The zero-order valence-electron chi connectivity index (χ0n) is 15.1. The van der Waals surface area contributed by atoms with Crippen LogP contribution < -0.4 is 5.32 Å². The zero-order chi connectivity index (χ0) is 17.6. The van der Waals surface area contributed by atoms with Crippen molar-refractivity contribution < 1.29 is 14.0 Å². The molecule has 0 spiro atoms. The maximum Gasteiger partial charge on any atom is 0.289 e. The Hall–Kier alpha value is -1.82. The summed E-state index contributed by atoms with van der Waals surface area (Å²) in [6.45, 7) is 5.58. The van der Waals surface area contributed by atoms with Gasteiger partial charge in [0.15, 0.2) is 5.76 Å². The van der Waals surface area contributed by atoms with Crippen LogP contribution in [0.4, 0.5) is 0 Å². The highest BCUT2D eigenvalue weighted by molar-refractivity contribution is 5.91. The van der Waals surface area contributed by atoms with E-state index in [0.29, 0.717) is 24.8 Å². The minimum absolute atomic E-state index is 0.0464. The SMILES string of the molecule is CCCNC(=O)[C@H](C1CCCC1)N1CCN(C(=O)c2ccco2)CC1. The number of piperazine rings is 1. The smallest absolute Gasteiger partial charge is 0.289 e. The number of carbonyl (C=O) groups is 2. The molecule has 2 amide bonds. The summed E-state index contributed by atoms with van der Waals surface area (Å²) in [5.74, 6) is 0.947. The molecule has 6 heteroatoms. The van der Waals surface area contributed by atoms with Gasteiger partial charge in [-0.2, -0.15) is 0 Å². The van der Waals surface area contributed by atoms with Crippen LogP contribution in [0.1, 0.15) is 49.6 Å². The van der Waals surface area contributed by atoms with Gasteiger partial charge in [0, 0.05) is 32.7 Å². The fraction of sp³-hybridized carbons (Fsp3) is 0.684. The Morgan fingerprint density at radius 1 is 1.24 bits per heavy atom. The summed E-state index contributed by atoms with van der Waals surface area (Å²) in [7, 11) is 0. The van der Waals surface area contributed by atoms with E-state index in [1.807, 2.05) is 4.90 Å². The van der Waals surface area contributed by atoms with E-state index in [2.05, 4.69) is 17.1 Å². The molecule has 2 heterocycles. The third-order valence-corrected chi connectivity index (χ3v) is 5.39. The Bertz CT molecular complexity index is 558. The molecule has 2 fully saturated rings. The largest absolute Gasteiger partial charge is 0.459 e. The second-order valence-corrected chi connectivity index (χ2v) is 7.09. The molecular weight excluding hydrogens is 318 g/mol. The first-order valence-corrected chi connectivity index (χ1v) is 9.55. The summed E-state index contributed by atoms with van der Waals surface area (Å²) < 4.78 is 5.22. The number of carbonyl (C=O) groups excluding carboxylic acids is 2. The van der Waals surface area contributed by atoms with Crippen LogP contribution in [0.5, 0.6) is 0 Å². The molecule has 1 N–H and O–H groups in total. The Kier molecular flexibility index (Phi) is 6.13. The predicted molar refractivity (Wildman–Crippen MR) is 95.2 cm³/mol.